The Balaban J connectivity index is 1.76. The number of hydrogen-bond acceptors (Lipinski definition) is 6. The van der Waals surface area contributed by atoms with E-state index in [-0.39, 0.29) is 76.5 Å². The molecule has 0 radical (unpaired) electrons. The Morgan fingerprint density at radius 2 is 2.05 bits per heavy atom. The van der Waals surface area contributed by atoms with Crippen molar-refractivity contribution in [2.24, 2.45) is 7.05 Å². The number of aryl methyl sites for hydroxylation is 1. The third-order valence-corrected chi connectivity index (χ3v) is 7.35. The maximum atomic E-state index is 15.0. The van der Waals surface area contributed by atoms with E-state index in [2.05, 4.69) is 11.7 Å². The van der Waals surface area contributed by atoms with Crippen LogP contribution in [0.3, 0.4) is 0 Å². The Kier molecular flexibility index (Phi) is 6.60. The number of phenols is 1. The summed E-state index contributed by atoms with van der Waals surface area (Å²) >= 11 is 6.78. The minimum Gasteiger partial charge on any atom is -0.507 e. The molecule has 1 aromatic carbocycles. The van der Waals surface area contributed by atoms with E-state index in [4.69, 9.17) is 21.3 Å². The summed E-state index contributed by atoms with van der Waals surface area (Å²) in [4.78, 5) is 34.4. The molecule has 1 atom stereocenters. The van der Waals surface area contributed by atoms with E-state index in [0.29, 0.717) is 12.2 Å². The van der Waals surface area contributed by atoms with Crippen LogP contribution in [0.4, 0.5) is 4.39 Å². The number of pyridine rings is 1. The lowest BCUT2D eigenvalue weighted by atomic mass is 9.97. The van der Waals surface area contributed by atoms with Gasteiger partial charge in [-0.3, -0.25) is 14.3 Å². The topological polar surface area (TPSA) is 101 Å². The molecule has 0 spiro atoms. The van der Waals surface area contributed by atoms with Crippen molar-refractivity contribution < 1.29 is 23.8 Å². The van der Waals surface area contributed by atoms with E-state index in [1.54, 1.807) is 27.7 Å². The van der Waals surface area contributed by atoms with Crippen LogP contribution in [0.15, 0.2) is 37.1 Å². The molecule has 11 heteroatoms. The number of amides is 2. The number of halogens is 2. The molecule has 2 amide bonds. The highest BCUT2D eigenvalue weighted by Crippen LogP contribution is 2.46. The Labute approximate surface area is 224 Å². The highest BCUT2D eigenvalue weighted by Gasteiger charge is 2.41. The Hall–Kier alpha value is -3.92. The molecule has 3 aromatic rings. The van der Waals surface area contributed by atoms with Gasteiger partial charge in [-0.15, -0.1) is 0 Å². The first-order valence-electron chi connectivity index (χ1n) is 12.2. The molecule has 2 aliphatic rings. The minimum atomic E-state index is -0.727. The largest absolute Gasteiger partial charge is 0.507 e. The maximum absolute atomic E-state index is 15.0. The number of piperazine rings is 1. The molecular formula is C27H27ClFN5O4. The number of fused-ring (bicyclic) bond motifs is 2. The molecule has 5 rings (SSSR count). The van der Waals surface area contributed by atoms with Crippen LogP contribution >= 0.6 is 11.6 Å². The highest BCUT2D eigenvalue weighted by molar-refractivity contribution is 6.35. The van der Waals surface area contributed by atoms with Crippen LogP contribution in [0.25, 0.3) is 22.6 Å². The van der Waals surface area contributed by atoms with E-state index < -0.39 is 11.9 Å². The zero-order chi connectivity index (χ0) is 27.3. The zero-order valence-corrected chi connectivity index (χ0v) is 22.0. The summed E-state index contributed by atoms with van der Waals surface area (Å²) < 4.78 is 22.8. The molecule has 4 heterocycles. The number of aromatic hydroxyl groups is 1. The van der Waals surface area contributed by atoms with Crippen LogP contribution in [0, 0.1) is 5.82 Å². The van der Waals surface area contributed by atoms with Gasteiger partial charge in [0, 0.05) is 32.2 Å². The summed E-state index contributed by atoms with van der Waals surface area (Å²) in [7, 11) is 1.73. The van der Waals surface area contributed by atoms with Crippen molar-refractivity contribution in [3.63, 3.8) is 0 Å². The van der Waals surface area contributed by atoms with Crippen LogP contribution in [0.5, 0.6) is 11.5 Å². The monoisotopic (exact) mass is 539 g/mol. The van der Waals surface area contributed by atoms with Crippen LogP contribution in [0.1, 0.15) is 35.7 Å². The maximum Gasteiger partial charge on any atom is 0.260 e. The van der Waals surface area contributed by atoms with Crippen LogP contribution in [-0.4, -0.2) is 73.8 Å². The van der Waals surface area contributed by atoms with Gasteiger partial charge in [-0.05, 0) is 24.1 Å². The molecular weight excluding hydrogens is 513 g/mol. The number of nitrogens with zero attached hydrogens (tertiary/aromatic N) is 5. The first kappa shape index (κ1) is 25.7. The van der Waals surface area contributed by atoms with Gasteiger partial charge in [0.05, 0.1) is 23.5 Å². The SMILES string of the molecule is C=CC(=O)N1CCN2C(=O)c3c(-c4c(C(C)C)cnn4C)nc(-c4c(O)cccc4F)c(Cl)c3OC[C@H]2C1. The molecule has 1 fully saturated rings. The fourth-order valence-corrected chi connectivity index (χ4v) is 5.33. The van der Waals surface area contributed by atoms with Gasteiger partial charge in [0.1, 0.15) is 40.1 Å². The van der Waals surface area contributed by atoms with Gasteiger partial charge in [-0.1, -0.05) is 38.1 Å². The average Bonchev–Trinajstić information content (AvgIpc) is 3.21. The number of rotatable bonds is 4. The molecule has 0 unspecified atom stereocenters. The molecule has 9 nitrogen and oxygen atoms in total. The van der Waals surface area contributed by atoms with Crippen LogP contribution < -0.4 is 4.74 Å². The van der Waals surface area contributed by atoms with E-state index in [0.717, 1.165) is 5.56 Å². The van der Waals surface area contributed by atoms with Crippen LogP contribution in [0.2, 0.25) is 5.02 Å². The van der Waals surface area contributed by atoms with Crippen molar-refractivity contribution in [1.29, 1.82) is 0 Å². The van der Waals surface area contributed by atoms with Gasteiger partial charge in [0.25, 0.3) is 5.91 Å². The number of carbonyl (C=O) groups is 2. The molecule has 0 saturated carbocycles. The Morgan fingerprint density at radius 1 is 1.29 bits per heavy atom. The number of hydrogen-bond donors (Lipinski definition) is 1. The molecule has 1 N–H and O–H groups in total. The molecule has 0 bridgehead atoms. The molecule has 198 valence electrons. The predicted molar refractivity (Wildman–Crippen MR) is 140 cm³/mol. The van der Waals surface area contributed by atoms with Gasteiger partial charge in [-0.25, -0.2) is 9.37 Å². The number of carbonyl (C=O) groups excluding carboxylic acids is 2. The standard InChI is InChI=1S/C27H27ClFN5O4/c1-5-19(36)33-9-10-34-15(12-33)13-38-26-21(27(34)37)24(25-16(14(2)3)11-30-32(25)4)31-23(22(26)28)20-17(29)7-6-8-18(20)35/h5-8,11,14-15,35H,1,9-10,12-13H2,2-4H3/t15-/m1/s1. The van der Waals surface area contributed by atoms with Crippen molar-refractivity contribution in [3.05, 3.63) is 59.0 Å². The fraction of sp³-hybridized carbons (Fsp3) is 0.333. The number of benzene rings is 1. The first-order valence-corrected chi connectivity index (χ1v) is 12.6. The molecule has 2 aromatic heterocycles. The number of aromatic nitrogens is 3. The Morgan fingerprint density at radius 3 is 2.74 bits per heavy atom. The number of ether oxygens (including phenoxy) is 1. The average molecular weight is 540 g/mol. The fourth-order valence-electron chi connectivity index (χ4n) is 5.04. The van der Waals surface area contributed by atoms with E-state index >= 15 is 4.39 Å². The van der Waals surface area contributed by atoms with Crippen molar-refractivity contribution >= 4 is 23.4 Å². The lowest BCUT2D eigenvalue weighted by molar-refractivity contribution is -0.128. The van der Waals surface area contributed by atoms with Crippen molar-refractivity contribution in [3.8, 4) is 34.1 Å². The summed E-state index contributed by atoms with van der Waals surface area (Å²) in [5.41, 5.74) is 1.48. The second-order valence-corrected chi connectivity index (χ2v) is 10.0. The van der Waals surface area contributed by atoms with Crippen LogP contribution in [-0.2, 0) is 11.8 Å². The van der Waals surface area contributed by atoms with Gasteiger partial charge in [0.2, 0.25) is 5.91 Å². The van der Waals surface area contributed by atoms with Crippen molar-refractivity contribution in [2.45, 2.75) is 25.8 Å². The highest BCUT2D eigenvalue weighted by atomic mass is 35.5. The van der Waals surface area contributed by atoms with Crippen molar-refractivity contribution in [1.82, 2.24) is 24.6 Å². The summed E-state index contributed by atoms with van der Waals surface area (Å²) in [6.45, 7) is 8.45. The predicted octanol–water partition coefficient (Wildman–Crippen LogP) is 4.00. The Bertz CT molecular complexity index is 1450. The third-order valence-electron chi connectivity index (χ3n) is 7.00. The second kappa shape index (κ2) is 9.75. The molecule has 1 saturated heterocycles. The third kappa shape index (κ3) is 4.09. The lowest BCUT2D eigenvalue weighted by Crippen LogP contribution is -2.57. The lowest BCUT2D eigenvalue weighted by Gasteiger charge is -2.39. The summed E-state index contributed by atoms with van der Waals surface area (Å²) in [5, 5.41) is 14.9. The van der Waals surface area contributed by atoms with Gasteiger partial charge in [-0.2, -0.15) is 5.10 Å². The van der Waals surface area contributed by atoms with E-state index in [1.165, 1.54) is 24.3 Å². The normalized spacial score (nSPS) is 17.1. The number of phenolic OH excluding ortho intramolecular Hbond substituents is 1. The summed E-state index contributed by atoms with van der Waals surface area (Å²) in [5.74, 6) is -1.59. The van der Waals surface area contributed by atoms with Gasteiger partial charge >= 0.3 is 0 Å². The van der Waals surface area contributed by atoms with E-state index in [1.807, 2.05) is 13.8 Å². The van der Waals surface area contributed by atoms with Gasteiger partial charge in [0.15, 0.2) is 5.75 Å². The molecule has 0 aliphatic carbocycles. The quantitative estimate of drug-likeness (QED) is 0.503. The summed E-state index contributed by atoms with van der Waals surface area (Å²) in [6, 6.07) is 3.46. The molecule has 2 aliphatic heterocycles. The first-order chi connectivity index (χ1) is 18.1. The minimum absolute atomic E-state index is 0.0279. The van der Waals surface area contributed by atoms with Crippen molar-refractivity contribution in [2.75, 3.05) is 26.2 Å². The van der Waals surface area contributed by atoms with E-state index in [9.17, 15) is 14.7 Å². The zero-order valence-electron chi connectivity index (χ0n) is 21.2. The second-order valence-electron chi connectivity index (χ2n) is 9.64. The van der Waals surface area contributed by atoms with Gasteiger partial charge < -0.3 is 19.6 Å². The molecule has 38 heavy (non-hydrogen) atoms. The smallest absolute Gasteiger partial charge is 0.260 e. The summed E-state index contributed by atoms with van der Waals surface area (Å²) in [6.07, 6.45) is 2.94.